The predicted molar refractivity (Wildman–Crippen MR) is 87.5 cm³/mol. The number of nitrogen functional groups attached to an aromatic ring is 1. The van der Waals surface area contributed by atoms with E-state index >= 15 is 0 Å². The highest BCUT2D eigenvalue weighted by Crippen LogP contribution is 2.18. The van der Waals surface area contributed by atoms with Crippen molar-refractivity contribution >= 4 is 17.6 Å². The fourth-order valence-electron chi connectivity index (χ4n) is 1.87. The summed E-state index contributed by atoms with van der Waals surface area (Å²) < 4.78 is 5.37. The van der Waals surface area contributed by atoms with E-state index in [1.807, 2.05) is 13.8 Å². The molecule has 5 N–H and O–H groups in total. The zero-order valence-corrected chi connectivity index (χ0v) is 13.9. The number of hydrogen-bond donors (Lipinski definition) is 3. The molecule has 0 aromatic carbocycles. The number of carbonyl (C=O) groups excluding carboxylic acids is 2. The van der Waals surface area contributed by atoms with Gasteiger partial charge in [-0.15, -0.1) is 10.2 Å². The van der Waals surface area contributed by atoms with E-state index in [0.717, 1.165) is 5.56 Å². The van der Waals surface area contributed by atoms with Crippen LogP contribution >= 0.6 is 0 Å². The number of nitrogens with zero attached hydrogens (tertiary/aromatic N) is 3. The Labute approximate surface area is 139 Å². The van der Waals surface area contributed by atoms with E-state index in [0.29, 0.717) is 12.2 Å². The first kappa shape index (κ1) is 19.1. The monoisotopic (exact) mass is 334 g/mol. The summed E-state index contributed by atoms with van der Waals surface area (Å²) >= 11 is 0. The van der Waals surface area contributed by atoms with E-state index in [1.54, 1.807) is 18.3 Å². The molecule has 1 unspecified atom stereocenters. The number of pyridine rings is 1. The number of anilines is 1. The summed E-state index contributed by atoms with van der Waals surface area (Å²) in [5.74, 6) is -0.116. The molecular formula is C15H22N6O3. The molecule has 0 saturated heterocycles. The van der Waals surface area contributed by atoms with Crippen LogP contribution in [0.15, 0.2) is 22.7 Å². The van der Waals surface area contributed by atoms with Gasteiger partial charge in [0.1, 0.15) is 18.3 Å². The van der Waals surface area contributed by atoms with Crippen molar-refractivity contribution in [2.45, 2.75) is 39.7 Å². The van der Waals surface area contributed by atoms with E-state index < -0.39 is 11.9 Å². The summed E-state index contributed by atoms with van der Waals surface area (Å²) in [6, 6.07) is 2.92. The highest BCUT2D eigenvalue weighted by atomic mass is 16.4. The van der Waals surface area contributed by atoms with Crippen molar-refractivity contribution in [3.63, 3.8) is 0 Å². The quantitative estimate of drug-likeness (QED) is 0.696. The summed E-state index contributed by atoms with van der Waals surface area (Å²) in [4.78, 5) is 26.2. The third-order valence-corrected chi connectivity index (χ3v) is 2.77. The molecule has 2 aromatic rings. The van der Waals surface area contributed by atoms with Crippen molar-refractivity contribution in [3.05, 3.63) is 35.7 Å². The Morgan fingerprint density at radius 2 is 2.00 bits per heavy atom. The zero-order valence-electron chi connectivity index (χ0n) is 13.9. The van der Waals surface area contributed by atoms with Gasteiger partial charge in [0.05, 0.1) is 0 Å². The van der Waals surface area contributed by atoms with Crippen LogP contribution in [0.2, 0.25) is 0 Å². The maximum absolute atomic E-state index is 11.3. The standard InChI is InChI=1S/C13H16N6O3.C2H6/c1-7(20)17-9(4-8-2-3-10(14)16-6-8)13-19-18-12(22-13)5-11(15)21;1-2/h2-3,6,9H,4-5H2,1H3,(H2,14,16)(H2,15,21)(H,17,20);1-2H3. The van der Waals surface area contributed by atoms with Crippen molar-refractivity contribution in [2.75, 3.05) is 5.73 Å². The molecule has 2 rings (SSSR count). The number of aromatic nitrogens is 3. The first-order chi connectivity index (χ1) is 11.4. The largest absolute Gasteiger partial charge is 0.422 e. The fourth-order valence-corrected chi connectivity index (χ4v) is 1.87. The molecule has 2 aromatic heterocycles. The van der Waals surface area contributed by atoms with Crippen LogP contribution in [0.3, 0.4) is 0 Å². The van der Waals surface area contributed by atoms with Crippen LogP contribution in [0.4, 0.5) is 5.82 Å². The molecule has 9 heteroatoms. The molecular weight excluding hydrogens is 312 g/mol. The lowest BCUT2D eigenvalue weighted by molar-refractivity contribution is -0.120. The summed E-state index contributed by atoms with van der Waals surface area (Å²) in [5, 5.41) is 10.3. The summed E-state index contributed by atoms with van der Waals surface area (Å²) in [6.45, 7) is 5.38. The van der Waals surface area contributed by atoms with Crippen molar-refractivity contribution in [1.82, 2.24) is 20.5 Å². The van der Waals surface area contributed by atoms with Gasteiger partial charge in [-0.2, -0.15) is 0 Å². The molecule has 1 atom stereocenters. The Balaban J connectivity index is 0.00000139. The second-order valence-electron chi connectivity index (χ2n) is 4.73. The molecule has 0 bridgehead atoms. The van der Waals surface area contributed by atoms with Gasteiger partial charge in [-0.05, 0) is 11.6 Å². The summed E-state index contributed by atoms with van der Waals surface area (Å²) in [5.41, 5.74) is 11.4. The average Bonchev–Trinajstić information content (AvgIpc) is 2.98. The Kier molecular flexibility index (Phi) is 7.34. The van der Waals surface area contributed by atoms with Gasteiger partial charge >= 0.3 is 0 Å². The molecule has 0 aliphatic heterocycles. The lowest BCUT2D eigenvalue weighted by atomic mass is 10.1. The number of hydrogen-bond acceptors (Lipinski definition) is 7. The molecule has 0 aliphatic carbocycles. The van der Waals surface area contributed by atoms with E-state index in [2.05, 4.69) is 20.5 Å². The minimum absolute atomic E-state index is 0.105. The third kappa shape index (κ3) is 6.03. The maximum Gasteiger partial charge on any atom is 0.239 e. The van der Waals surface area contributed by atoms with E-state index in [-0.39, 0.29) is 24.1 Å². The second kappa shape index (κ2) is 9.23. The summed E-state index contributed by atoms with van der Waals surface area (Å²) in [7, 11) is 0. The minimum Gasteiger partial charge on any atom is -0.422 e. The van der Waals surface area contributed by atoms with Gasteiger partial charge in [0.15, 0.2) is 0 Å². The van der Waals surface area contributed by atoms with Crippen molar-refractivity contribution in [2.24, 2.45) is 5.73 Å². The van der Waals surface area contributed by atoms with Crippen LogP contribution in [0, 0.1) is 0 Å². The first-order valence-electron chi connectivity index (χ1n) is 7.52. The molecule has 24 heavy (non-hydrogen) atoms. The normalized spacial score (nSPS) is 11.1. The molecule has 9 nitrogen and oxygen atoms in total. The molecule has 0 radical (unpaired) electrons. The average molecular weight is 334 g/mol. The van der Waals surface area contributed by atoms with E-state index in [1.165, 1.54) is 6.92 Å². The smallest absolute Gasteiger partial charge is 0.239 e. The molecule has 0 fully saturated rings. The number of nitrogens with two attached hydrogens (primary N) is 2. The van der Waals surface area contributed by atoms with Gasteiger partial charge in [-0.25, -0.2) is 4.98 Å². The fraction of sp³-hybridized carbons (Fsp3) is 0.400. The first-order valence-corrected chi connectivity index (χ1v) is 7.52. The third-order valence-electron chi connectivity index (χ3n) is 2.77. The molecule has 2 amide bonds. The Morgan fingerprint density at radius 3 is 2.54 bits per heavy atom. The van der Waals surface area contributed by atoms with Crippen LogP contribution in [-0.4, -0.2) is 27.0 Å². The number of carbonyl (C=O) groups is 2. The van der Waals surface area contributed by atoms with Crippen LogP contribution in [0.1, 0.15) is 44.2 Å². The number of rotatable bonds is 6. The zero-order chi connectivity index (χ0) is 18.1. The Bertz CT molecular complexity index is 668. The van der Waals surface area contributed by atoms with Gasteiger partial charge in [0.25, 0.3) is 0 Å². The van der Waals surface area contributed by atoms with Crippen molar-refractivity contribution in [1.29, 1.82) is 0 Å². The van der Waals surface area contributed by atoms with Crippen LogP contribution < -0.4 is 16.8 Å². The van der Waals surface area contributed by atoms with Gasteiger partial charge in [-0.3, -0.25) is 9.59 Å². The number of nitrogens with one attached hydrogen (secondary N) is 1. The number of amides is 2. The highest BCUT2D eigenvalue weighted by molar-refractivity contribution is 5.75. The van der Waals surface area contributed by atoms with Crippen molar-refractivity contribution < 1.29 is 14.0 Å². The van der Waals surface area contributed by atoms with Crippen LogP contribution in [-0.2, 0) is 22.4 Å². The molecule has 0 aliphatic rings. The minimum atomic E-state index is -0.575. The van der Waals surface area contributed by atoms with E-state index in [9.17, 15) is 9.59 Å². The van der Waals surface area contributed by atoms with Crippen LogP contribution in [0.25, 0.3) is 0 Å². The second-order valence-corrected chi connectivity index (χ2v) is 4.73. The SMILES string of the molecule is CC.CC(=O)NC(Cc1ccc(N)nc1)c1nnc(CC(N)=O)o1. The molecule has 0 saturated carbocycles. The Morgan fingerprint density at radius 1 is 1.29 bits per heavy atom. The topological polar surface area (TPSA) is 150 Å². The molecule has 130 valence electrons. The lowest BCUT2D eigenvalue weighted by Crippen LogP contribution is -2.28. The van der Waals surface area contributed by atoms with Gasteiger partial charge < -0.3 is 21.2 Å². The van der Waals surface area contributed by atoms with Gasteiger partial charge in [0, 0.05) is 19.5 Å². The highest BCUT2D eigenvalue weighted by Gasteiger charge is 2.21. The van der Waals surface area contributed by atoms with Gasteiger partial charge in [0.2, 0.25) is 23.6 Å². The molecule has 2 heterocycles. The lowest BCUT2D eigenvalue weighted by Gasteiger charge is -2.13. The van der Waals surface area contributed by atoms with E-state index in [4.69, 9.17) is 15.9 Å². The summed E-state index contributed by atoms with van der Waals surface area (Å²) in [6.07, 6.45) is 1.85. The predicted octanol–water partition coefficient (Wildman–Crippen LogP) is 0.521. The molecule has 0 spiro atoms. The van der Waals surface area contributed by atoms with Crippen molar-refractivity contribution in [3.8, 4) is 0 Å². The maximum atomic E-state index is 11.3. The van der Waals surface area contributed by atoms with Gasteiger partial charge in [-0.1, -0.05) is 19.9 Å². The Hall–Kier alpha value is -2.97. The van der Waals surface area contributed by atoms with Crippen LogP contribution in [0.5, 0.6) is 0 Å². The number of primary amides is 1.